The number of carbonyl (C=O) groups is 1. The monoisotopic (exact) mass is 246 g/mol. The molecule has 0 radical (unpaired) electrons. The molecule has 1 heterocycles. The van der Waals surface area contributed by atoms with Gasteiger partial charge in [0, 0.05) is 5.92 Å². The first-order valence-corrected chi connectivity index (χ1v) is 6.26. The van der Waals surface area contributed by atoms with Crippen LogP contribution in [0.2, 0.25) is 0 Å². The first-order chi connectivity index (χ1) is 8.70. The number of hydrogen-bond donors (Lipinski definition) is 0. The first kappa shape index (κ1) is 12.8. The molecule has 0 bridgehead atoms. The van der Waals surface area contributed by atoms with Crippen LogP contribution < -0.4 is 0 Å². The van der Waals surface area contributed by atoms with Gasteiger partial charge < -0.3 is 9.47 Å². The van der Waals surface area contributed by atoms with Crippen molar-refractivity contribution >= 4 is 12.0 Å². The van der Waals surface area contributed by atoms with Gasteiger partial charge in [0.2, 0.25) is 0 Å². The fourth-order valence-electron chi connectivity index (χ4n) is 1.93. The molecule has 18 heavy (non-hydrogen) atoms. The minimum absolute atomic E-state index is 0.269. The Labute approximate surface area is 107 Å². The van der Waals surface area contributed by atoms with Gasteiger partial charge in [0.25, 0.3) is 0 Å². The second kappa shape index (κ2) is 5.83. The van der Waals surface area contributed by atoms with Crippen molar-refractivity contribution in [3.63, 3.8) is 0 Å². The highest BCUT2D eigenvalue weighted by Crippen LogP contribution is 2.22. The van der Waals surface area contributed by atoms with Crippen molar-refractivity contribution in [1.82, 2.24) is 0 Å². The summed E-state index contributed by atoms with van der Waals surface area (Å²) in [6, 6.07) is 7.46. The molecular formula is C15H18O3. The summed E-state index contributed by atoms with van der Waals surface area (Å²) in [5, 5.41) is 0. The number of rotatable bonds is 3. The van der Waals surface area contributed by atoms with Crippen LogP contribution in [-0.4, -0.2) is 25.8 Å². The van der Waals surface area contributed by atoms with E-state index >= 15 is 0 Å². The van der Waals surface area contributed by atoms with E-state index in [2.05, 4.69) is 13.0 Å². The SMILES string of the molecule is CCOC(=O)c1ccc(/C=C2/COCC2C)cc1. The van der Waals surface area contributed by atoms with Gasteiger partial charge in [0.05, 0.1) is 25.4 Å². The average Bonchev–Trinajstić information content (AvgIpc) is 2.76. The number of benzene rings is 1. The standard InChI is InChI=1S/C15H18O3/c1-3-18-15(16)13-6-4-12(5-7-13)8-14-10-17-9-11(14)2/h4-8,11H,3,9-10H2,1-2H3/b14-8-. The summed E-state index contributed by atoms with van der Waals surface area (Å²) >= 11 is 0. The molecule has 2 rings (SSSR count). The molecule has 1 aromatic rings. The van der Waals surface area contributed by atoms with E-state index in [9.17, 15) is 4.79 Å². The second-order valence-electron chi connectivity index (χ2n) is 4.48. The van der Waals surface area contributed by atoms with Crippen molar-refractivity contribution in [3.05, 3.63) is 41.0 Å². The Balaban J connectivity index is 2.10. The van der Waals surface area contributed by atoms with E-state index in [1.807, 2.05) is 12.1 Å². The van der Waals surface area contributed by atoms with Gasteiger partial charge in [-0.3, -0.25) is 0 Å². The Morgan fingerprint density at radius 3 is 2.72 bits per heavy atom. The van der Waals surface area contributed by atoms with Crippen LogP contribution in [0.5, 0.6) is 0 Å². The smallest absolute Gasteiger partial charge is 0.338 e. The van der Waals surface area contributed by atoms with Crippen LogP contribution in [0.1, 0.15) is 29.8 Å². The van der Waals surface area contributed by atoms with E-state index in [4.69, 9.17) is 9.47 Å². The summed E-state index contributed by atoms with van der Waals surface area (Å²) in [6.07, 6.45) is 2.13. The highest BCUT2D eigenvalue weighted by atomic mass is 16.5. The van der Waals surface area contributed by atoms with Gasteiger partial charge in [-0.25, -0.2) is 4.79 Å². The lowest BCUT2D eigenvalue weighted by Gasteiger charge is -2.04. The van der Waals surface area contributed by atoms with Gasteiger partial charge in [0.1, 0.15) is 0 Å². The molecule has 3 nitrogen and oxygen atoms in total. The summed E-state index contributed by atoms with van der Waals surface area (Å²) < 4.78 is 10.3. The highest BCUT2D eigenvalue weighted by molar-refractivity contribution is 5.89. The topological polar surface area (TPSA) is 35.5 Å². The lowest BCUT2D eigenvalue weighted by molar-refractivity contribution is 0.0526. The van der Waals surface area contributed by atoms with Crippen molar-refractivity contribution in [2.45, 2.75) is 13.8 Å². The maximum absolute atomic E-state index is 11.5. The molecule has 1 saturated heterocycles. The van der Waals surface area contributed by atoms with E-state index in [0.717, 1.165) is 12.2 Å². The number of carbonyl (C=O) groups excluding carboxylic acids is 1. The molecule has 0 saturated carbocycles. The Morgan fingerprint density at radius 2 is 2.17 bits per heavy atom. The Hall–Kier alpha value is -1.61. The quantitative estimate of drug-likeness (QED) is 0.769. The molecule has 0 amide bonds. The summed E-state index contributed by atoms with van der Waals surface area (Å²) in [4.78, 5) is 11.5. The molecule has 0 aliphatic carbocycles. The third kappa shape index (κ3) is 2.99. The number of esters is 1. The maximum atomic E-state index is 11.5. The molecule has 0 aromatic heterocycles. The molecule has 3 heteroatoms. The van der Waals surface area contributed by atoms with Crippen LogP contribution >= 0.6 is 0 Å². The molecule has 1 fully saturated rings. The van der Waals surface area contributed by atoms with Gasteiger partial charge in [-0.15, -0.1) is 0 Å². The van der Waals surface area contributed by atoms with Gasteiger partial charge in [-0.1, -0.05) is 25.1 Å². The Kier molecular flexibility index (Phi) is 4.15. The number of hydrogen-bond acceptors (Lipinski definition) is 3. The van der Waals surface area contributed by atoms with E-state index in [0.29, 0.717) is 24.7 Å². The van der Waals surface area contributed by atoms with E-state index in [1.165, 1.54) is 5.57 Å². The Morgan fingerprint density at radius 1 is 1.44 bits per heavy atom. The van der Waals surface area contributed by atoms with E-state index in [-0.39, 0.29) is 5.97 Å². The first-order valence-electron chi connectivity index (χ1n) is 6.26. The largest absolute Gasteiger partial charge is 0.462 e. The minimum Gasteiger partial charge on any atom is -0.462 e. The zero-order chi connectivity index (χ0) is 13.0. The van der Waals surface area contributed by atoms with Gasteiger partial charge in [-0.2, -0.15) is 0 Å². The van der Waals surface area contributed by atoms with Crippen LogP contribution in [0.25, 0.3) is 6.08 Å². The van der Waals surface area contributed by atoms with Crippen molar-refractivity contribution in [2.75, 3.05) is 19.8 Å². The lowest BCUT2D eigenvalue weighted by atomic mass is 10.0. The van der Waals surface area contributed by atoms with E-state index in [1.54, 1.807) is 19.1 Å². The summed E-state index contributed by atoms with van der Waals surface area (Å²) in [5.41, 5.74) is 2.99. The molecule has 1 atom stereocenters. The average molecular weight is 246 g/mol. The van der Waals surface area contributed by atoms with Crippen LogP contribution in [0, 0.1) is 5.92 Å². The molecule has 1 aromatic carbocycles. The van der Waals surface area contributed by atoms with Crippen molar-refractivity contribution in [2.24, 2.45) is 5.92 Å². The zero-order valence-electron chi connectivity index (χ0n) is 10.8. The van der Waals surface area contributed by atoms with Crippen LogP contribution in [-0.2, 0) is 9.47 Å². The third-order valence-electron chi connectivity index (χ3n) is 3.04. The second-order valence-corrected chi connectivity index (χ2v) is 4.48. The predicted octanol–water partition coefficient (Wildman–Crippen LogP) is 2.91. The van der Waals surface area contributed by atoms with Crippen LogP contribution in [0.15, 0.2) is 29.8 Å². The Bertz CT molecular complexity index is 445. The summed E-state index contributed by atoms with van der Waals surface area (Å²) in [6.45, 7) is 5.87. The fourth-order valence-corrected chi connectivity index (χ4v) is 1.93. The fraction of sp³-hybridized carbons (Fsp3) is 0.400. The molecule has 1 unspecified atom stereocenters. The predicted molar refractivity (Wildman–Crippen MR) is 70.4 cm³/mol. The van der Waals surface area contributed by atoms with Gasteiger partial charge in [-0.05, 0) is 30.2 Å². The molecule has 0 spiro atoms. The molecule has 96 valence electrons. The molecule has 1 aliphatic heterocycles. The zero-order valence-corrected chi connectivity index (χ0v) is 10.8. The van der Waals surface area contributed by atoms with E-state index < -0.39 is 0 Å². The minimum atomic E-state index is -0.269. The lowest BCUT2D eigenvalue weighted by Crippen LogP contribution is -2.04. The summed E-state index contributed by atoms with van der Waals surface area (Å²) in [7, 11) is 0. The van der Waals surface area contributed by atoms with Gasteiger partial charge >= 0.3 is 5.97 Å². The molecule has 1 aliphatic rings. The van der Waals surface area contributed by atoms with Crippen molar-refractivity contribution < 1.29 is 14.3 Å². The molecular weight excluding hydrogens is 228 g/mol. The van der Waals surface area contributed by atoms with Crippen LogP contribution in [0.4, 0.5) is 0 Å². The highest BCUT2D eigenvalue weighted by Gasteiger charge is 2.16. The normalized spacial score (nSPS) is 21.2. The maximum Gasteiger partial charge on any atom is 0.338 e. The van der Waals surface area contributed by atoms with Gasteiger partial charge in [0.15, 0.2) is 0 Å². The molecule has 0 N–H and O–H groups in total. The van der Waals surface area contributed by atoms with Crippen molar-refractivity contribution in [3.8, 4) is 0 Å². The third-order valence-corrected chi connectivity index (χ3v) is 3.04. The summed E-state index contributed by atoms with van der Waals surface area (Å²) in [5.74, 6) is 0.212. The van der Waals surface area contributed by atoms with Crippen LogP contribution in [0.3, 0.4) is 0 Å². The van der Waals surface area contributed by atoms with Crippen molar-refractivity contribution in [1.29, 1.82) is 0 Å². The number of ether oxygens (including phenoxy) is 2.